The molecule has 0 heterocycles. The Labute approximate surface area is 189 Å². The molecular formula is C25H31ClN2O3. The van der Waals surface area contributed by atoms with Crippen molar-refractivity contribution < 1.29 is 14.3 Å². The van der Waals surface area contributed by atoms with Gasteiger partial charge in [0.1, 0.15) is 11.8 Å². The molecule has 0 bridgehead atoms. The van der Waals surface area contributed by atoms with Crippen LogP contribution >= 0.6 is 11.6 Å². The summed E-state index contributed by atoms with van der Waals surface area (Å²) in [6.45, 7) is 4.13. The van der Waals surface area contributed by atoms with Gasteiger partial charge in [-0.1, -0.05) is 67.8 Å². The summed E-state index contributed by atoms with van der Waals surface area (Å²) in [6.07, 6.45) is 4.81. The van der Waals surface area contributed by atoms with Crippen molar-refractivity contribution in [1.82, 2.24) is 10.2 Å². The maximum absolute atomic E-state index is 13.3. The predicted molar refractivity (Wildman–Crippen MR) is 123 cm³/mol. The molecule has 2 amide bonds. The van der Waals surface area contributed by atoms with Gasteiger partial charge in [-0.05, 0) is 49.4 Å². The zero-order valence-corrected chi connectivity index (χ0v) is 19.0. The SMILES string of the molecule is CCC(C(=O)NC1CCCC1)N(Cc1ccccc1C)C(=O)COc1ccccc1Cl. The molecule has 0 aromatic heterocycles. The van der Waals surface area contributed by atoms with Gasteiger partial charge in [0.15, 0.2) is 6.61 Å². The summed E-state index contributed by atoms with van der Waals surface area (Å²) >= 11 is 6.16. The lowest BCUT2D eigenvalue weighted by Gasteiger charge is -2.32. The Morgan fingerprint density at radius 2 is 1.81 bits per heavy atom. The van der Waals surface area contributed by atoms with Gasteiger partial charge in [0.05, 0.1) is 5.02 Å². The van der Waals surface area contributed by atoms with Gasteiger partial charge in [0, 0.05) is 12.6 Å². The number of benzene rings is 2. The first-order valence-corrected chi connectivity index (χ1v) is 11.4. The van der Waals surface area contributed by atoms with E-state index in [-0.39, 0.29) is 24.5 Å². The summed E-state index contributed by atoms with van der Waals surface area (Å²) in [5, 5.41) is 3.60. The van der Waals surface area contributed by atoms with Crippen LogP contribution in [0.1, 0.15) is 50.2 Å². The summed E-state index contributed by atoms with van der Waals surface area (Å²) in [6, 6.07) is 14.6. The number of nitrogens with one attached hydrogen (secondary N) is 1. The van der Waals surface area contributed by atoms with Gasteiger partial charge < -0.3 is 15.0 Å². The summed E-state index contributed by atoms with van der Waals surface area (Å²) in [5.74, 6) is 0.127. The highest BCUT2D eigenvalue weighted by Gasteiger charge is 2.31. The molecule has 1 aliphatic carbocycles. The minimum atomic E-state index is -0.553. The molecule has 0 radical (unpaired) electrons. The van der Waals surface area contributed by atoms with Gasteiger partial charge in [0.2, 0.25) is 5.91 Å². The van der Waals surface area contributed by atoms with Crippen LogP contribution in [0.2, 0.25) is 5.02 Å². The monoisotopic (exact) mass is 442 g/mol. The smallest absolute Gasteiger partial charge is 0.261 e. The largest absolute Gasteiger partial charge is 0.482 e. The molecule has 1 fully saturated rings. The zero-order valence-electron chi connectivity index (χ0n) is 18.3. The van der Waals surface area contributed by atoms with E-state index >= 15 is 0 Å². The first kappa shape index (κ1) is 23.1. The van der Waals surface area contributed by atoms with E-state index in [4.69, 9.17) is 16.3 Å². The Morgan fingerprint density at radius 3 is 2.48 bits per heavy atom. The fourth-order valence-electron chi connectivity index (χ4n) is 4.04. The molecule has 1 unspecified atom stereocenters. The molecule has 2 aromatic rings. The lowest BCUT2D eigenvalue weighted by molar-refractivity contribution is -0.143. The van der Waals surface area contributed by atoms with Crippen molar-refractivity contribution in [2.75, 3.05) is 6.61 Å². The summed E-state index contributed by atoms with van der Waals surface area (Å²) in [5.41, 5.74) is 2.10. The predicted octanol–water partition coefficient (Wildman–Crippen LogP) is 4.89. The fraction of sp³-hybridized carbons (Fsp3) is 0.440. The average Bonchev–Trinajstić information content (AvgIpc) is 3.27. The van der Waals surface area contributed by atoms with E-state index in [1.54, 1.807) is 23.1 Å². The van der Waals surface area contributed by atoms with E-state index in [9.17, 15) is 9.59 Å². The second-order valence-electron chi connectivity index (χ2n) is 8.08. The van der Waals surface area contributed by atoms with Crippen LogP contribution in [-0.4, -0.2) is 35.4 Å². The molecule has 1 atom stereocenters. The third-order valence-corrected chi connectivity index (χ3v) is 6.19. The van der Waals surface area contributed by atoms with Crippen molar-refractivity contribution in [3.05, 3.63) is 64.7 Å². The van der Waals surface area contributed by atoms with Crippen molar-refractivity contribution in [2.24, 2.45) is 0 Å². The maximum Gasteiger partial charge on any atom is 0.261 e. The minimum Gasteiger partial charge on any atom is -0.482 e. The zero-order chi connectivity index (χ0) is 22.2. The number of hydrogen-bond donors (Lipinski definition) is 1. The van der Waals surface area contributed by atoms with Crippen molar-refractivity contribution in [3.63, 3.8) is 0 Å². The molecule has 3 rings (SSSR count). The van der Waals surface area contributed by atoms with Crippen LogP contribution in [0, 0.1) is 6.92 Å². The lowest BCUT2D eigenvalue weighted by Crippen LogP contribution is -2.52. The molecule has 0 aliphatic heterocycles. The Morgan fingerprint density at radius 1 is 1.13 bits per heavy atom. The highest BCUT2D eigenvalue weighted by atomic mass is 35.5. The van der Waals surface area contributed by atoms with Gasteiger partial charge in [-0.2, -0.15) is 0 Å². The van der Waals surface area contributed by atoms with E-state index in [0.717, 1.165) is 36.8 Å². The third kappa shape index (κ3) is 6.23. The minimum absolute atomic E-state index is 0.0888. The van der Waals surface area contributed by atoms with Gasteiger partial charge in [-0.25, -0.2) is 0 Å². The van der Waals surface area contributed by atoms with E-state index in [1.807, 2.05) is 44.2 Å². The highest BCUT2D eigenvalue weighted by molar-refractivity contribution is 6.32. The van der Waals surface area contributed by atoms with Gasteiger partial charge in [-0.15, -0.1) is 0 Å². The number of amides is 2. The lowest BCUT2D eigenvalue weighted by atomic mass is 10.1. The number of para-hydroxylation sites is 1. The van der Waals surface area contributed by atoms with Crippen LogP contribution in [-0.2, 0) is 16.1 Å². The number of ether oxygens (including phenoxy) is 1. The summed E-state index contributed by atoms with van der Waals surface area (Å²) in [7, 11) is 0. The van der Waals surface area contributed by atoms with Crippen LogP contribution in [0.4, 0.5) is 0 Å². The maximum atomic E-state index is 13.3. The molecule has 5 nitrogen and oxygen atoms in total. The van der Waals surface area contributed by atoms with Crippen molar-refractivity contribution in [3.8, 4) is 5.75 Å². The summed E-state index contributed by atoms with van der Waals surface area (Å²) in [4.78, 5) is 28.0. The number of rotatable bonds is 9. The second kappa shape index (κ2) is 11.2. The van der Waals surface area contributed by atoms with Crippen molar-refractivity contribution in [2.45, 2.75) is 64.6 Å². The van der Waals surface area contributed by atoms with Crippen LogP contribution in [0.15, 0.2) is 48.5 Å². The second-order valence-corrected chi connectivity index (χ2v) is 8.49. The van der Waals surface area contributed by atoms with Crippen molar-refractivity contribution >= 4 is 23.4 Å². The topological polar surface area (TPSA) is 58.6 Å². The first-order valence-electron chi connectivity index (χ1n) is 11.0. The third-order valence-electron chi connectivity index (χ3n) is 5.88. The van der Waals surface area contributed by atoms with Crippen LogP contribution in [0.5, 0.6) is 5.75 Å². The molecule has 0 saturated heterocycles. The molecule has 31 heavy (non-hydrogen) atoms. The number of hydrogen-bond acceptors (Lipinski definition) is 3. The average molecular weight is 443 g/mol. The molecule has 2 aromatic carbocycles. The molecular weight excluding hydrogens is 412 g/mol. The fourth-order valence-corrected chi connectivity index (χ4v) is 4.23. The number of halogens is 1. The molecule has 1 saturated carbocycles. The number of carbonyl (C=O) groups is 2. The van der Waals surface area contributed by atoms with Crippen LogP contribution < -0.4 is 10.1 Å². The highest BCUT2D eigenvalue weighted by Crippen LogP contribution is 2.24. The Kier molecular flexibility index (Phi) is 8.35. The van der Waals surface area contributed by atoms with Crippen LogP contribution in [0.3, 0.4) is 0 Å². The number of carbonyl (C=O) groups excluding carboxylic acids is 2. The normalized spacial score (nSPS) is 14.8. The van der Waals surface area contributed by atoms with E-state index in [1.165, 1.54) is 0 Å². The number of aryl methyl sites for hydroxylation is 1. The Balaban J connectivity index is 1.78. The van der Waals surface area contributed by atoms with Gasteiger partial charge in [0.25, 0.3) is 5.91 Å². The first-order chi connectivity index (χ1) is 15.0. The quantitative estimate of drug-likeness (QED) is 0.601. The molecule has 1 N–H and O–H groups in total. The molecule has 0 spiro atoms. The van der Waals surface area contributed by atoms with Crippen LogP contribution in [0.25, 0.3) is 0 Å². The van der Waals surface area contributed by atoms with E-state index < -0.39 is 6.04 Å². The standard InChI is InChI=1S/C25H31ClN2O3/c1-3-22(25(30)27-20-12-6-7-13-20)28(16-19-11-5-4-10-18(19)2)24(29)17-31-23-15-9-8-14-21(23)26/h4-5,8-11,14-15,20,22H,3,6-7,12-13,16-17H2,1-2H3,(H,27,30). The van der Waals surface area contributed by atoms with E-state index in [2.05, 4.69) is 5.32 Å². The number of nitrogens with zero attached hydrogens (tertiary/aromatic N) is 1. The molecule has 6 heteroatoms. The Hall–Kier alpha value is -2.53. The van der Waals surface area contributed by atoms with Gasteiger partial charge >= 0.3 is 0 Å². The van der Waals surface area contributed by atoms with Gasteiger partial charge in [-0.3, -0.25) is 9.59 Å². The molecule has 166 valence electrons. The molecule has 1 aliphatic rings. The summed E-state index contributed by atoms with van der Waals surface area (Å²) < 4.78 is 5.70. The van der Waals surface area contributed by atoms with Crippen molar-refractivity contribution in [1.29, 1.82) is 0 Å². The Bertz CT molecular complexity index is 896. The van der Waals surface area contributed by atoms with E-state index in [0.29, 0.717) is 23.7 Å².